The first kappa shape index (κ1) is 29.0. The van der Waals surface area contributed by atoms with Crippen molar-refractivity contribution < 1.29 is 33.7 Å². The molecule has 0 unspecified atom stereocenters. The average molecular weight is 551 g/mol. The zero-order valence-electron chi connectivity index (χ0n) is 22.3. The largest absolute Gasteiger partial charge is 0.392 e. The van der Waals surface area contributed by atoms with Crippen LogP contribution in [0.2, 0.25) is 0 Å². The van der Waals surface area contributed by atoms with E-state index in [-0.39, 0.29) is 37.8 Å². The molecule has 3 heterocycles. The number of allylic oxidation sites excluding steroid dienone is 1. The van der Waals surface area contributed by atoms with Gasteiger partial charge < -0.3 is 25.0 Å². The minimum Gasteiger partial charge on any atom is -0.392 e. The third-order valence-electron chi connectivity index (χ3n) is 8.46. The third kappa shape index (κ3) is 6.09. The normalized spacial score (nSPS) is 36.7. The fraction of sp³-hybridized carbons (Fsp3) is 0.679. The maximum Gasteiger partial charge on any atom is 0.223 e. The summed E-state index contributed by atoms with van der Waals surface area (Å²) in [5.74, 6) is -2.20. The SMILES string of the molecule is C=CC[C@H]1C(=O)C2(CCC2)[C@@H](O)CC(=O)N[C@H](C(F)=Cc2csc(C)n2)C[C@@H]2O[C@]2(C)CCO[C@H](C)[C@H]1O. The second-order valence-corrected chi connectivity index (χ2v) is 12.2. The number of amides is 1. The molecule has 0 radical (unpaired) electrons. The number of hydrogen-bond acceptors (Lipinski definition) is 8. The topological polar surface area (TPSA) is 121 Å². The fourth-order valence-corrected chi connectivity index (χ4v) is 6.27. The van der Waals surface area contributed by atoms with Crippen molar-refractivity contribution in [3.63, 3.8) is 0 Å². The predicted octanol–water partition coefficient (Wildman–Crippen LogP) is 3.65. The molecule has 7 atom stereocenters. The Morgan fingerprint density at radius 1 is 1.34 bits per heavy atom. The summed E-state index contributed by atoms with van der Waals surface area (Å²) in [5, 5.41) is 27.5. The summed E-state index contributed by atoms with van der Waals surface area (Å²) in [6, 6.07) is -0.973. The number of carbonyl (C=O) groups excluding carboxylic acids is 2. The Morgan fingerprint density at radius 2 is 2.08 bits per heavy atom. The first-order valence-corrected chi connectivity index (χ1v) is 14.3. The van der Waals surface area contributed by atoms with Crippen LogP contribution in [0.1, 0.15) is 69.5 Å². The van der Waals surface area contributed by atoms with Crippen LogP contribution in [-0.2, 0) is 19.1 Å². The van der Waals surface area contributed by atoms with E-state index in [2.05, 4.69) is 16.9 Å². The Labute approximate surface area is 227 Å². The molecule has 10 heteroatoms. The molecule has 1 aromatic heterocycles. The van der Waals surface area contributed by atoms with Crippen LogP contribution in [0, 0.1) is 18.3 Å². The Hall–Kier alpha value is -1.98. The van der Waals surface area contributed by atoms with Crippen molar-refractivity contribution in [3.8, 4) is 0 Å². The number of aromatic nitrogens is 1. The van der Waals surface area contributed by atoms with E-state index in [4.69, 9.17) is 9.47 Å². The molecule has 2 saturated heterocycles. The van der Waals surface area contributed by atoms with Gasteiger partial charge >= 0.3 is 0 Å². The van der Waals surface area contributed by atoms with Crippen molar-refractivity contribution in [3.05, 3.63) is 34.6 Å². The highest BCUT2D eigenvalue weighted by Gasteiger charge is 2.55. The number of fused-ring (bicyclic) bond motifs is 1. The molecule has 1 amide bonds. The van der Waals surface area contributed by atoms with Crippen LogP contribution in [0.25, 0.3) is 6.08 Å². The van der Waals surface area contributed by atoms with Crippen LogP contribution in [0.5, 0.6) is 0 Å². The number of nitrogens with zero attached hydrogens (tertiary/aromatic N) is 1. The van der Waals surface area contributed by atoms with E-state index in [1.54, 1.807) is 18.4 Å². The maximum absolute atomic E-state index is 15.5. The summed E-state index contributed by atoms with van der Waals surface area (Å²) in [5.41, 5.74) is -1.23. The minimum absolute atomic E-state index is 0.202. The van der Waals surface area contributed by atoms with Crippen molar-refractivity contribution in [1.82, 2.24) is 10.3 Å². The van der Waals surface area contributed by atoms with Crippen molar-refractivity contribution in [1.29, 1.82) is 0 Å². The van der Waals surface area contributed by atoms with Gasteiger partial charge in [0.05, 0.1) is 64.5 Å². The van der Waals surface area contributed by atoms with Gasteiger partial charge in [0.15, 0.2) is 0 Å². The number of thiazole rings is 1. The molecule has 0 aromatic carbocycles. The van der Waals surface area contributed by atoms with Gasteiger partial charge in [-0.15, -0.1) is 17.9 Å². The van der Waals surface area contributed by atoms with Gasteiger partial charge in [0.25, 0.3) is 0 Å². The molecule has 38 heavy (non-hydrogen) atoms. The highest BCUT2D eigenvalue weighted by molar-refractivity contribution is 7.09. The summed E-state index contributed by atoms with van der Waals surface area (Å²) in [7, 11) is 0. The van der Waals surface area contributed by atoms with E-state index in [0.29, 0.717) is 25.0 Å². The Morgan fingerprint density at radius 3 is 2.68 bits per heavy atom. The van der Waals surface area contributed by atoms with Gasteiger partial charge in [-0.1, -0.05) is 12.5 Å². The standard InChI is InChI=1S/C28H39FN2O6S/c1-5-7-19-25(34)16(2)36-11-10-27(4)23(37-27)13-21(20(29)12-18-15-38-17(3)30-18)31-24(33)14-22(32)28(26(19)35)8-6-9-28/h5,12,15-16,19,21-23,25,32,34H,1,6-11,13-14H2,2-4H3,(H,31,33)/t16-,19-,21+,22+,23+,25-,27-/m1/s1. The number of nitrogens with one attached hydrogen (secondary N) is 1. The molecule has 1 aromatic rings. The molecule has 2 aliphatic heterocycles. The molecule has 3 fully saturated rings. The predicted molar refractivity (Wildman–Crippen MR) is 142 cm³/mol. The van der Waals surface area contributed by atoms with E-state index < -0.39 is 53.0 Å². The number of ether oxygens (including phenoxy) is 2. The molecule has 3 aliphatic rings. The number of epoxide rings is 1. The molecule has 0 bridgehead atoms. The van der Waals surface area contributed by atoms with E-state index in [9.17, 15) is 19.8 Å². The number of Topliss-reactive ketones (excluding diaryl/α,β-unsaturated/α-hetero) is 1. The van der Waals surface area contributed by atoms with Crippen molar-refractivity contribution in [2.24, 2.45) is 11.3 Å². The van der Waals surface area contributed by atoms with Crippen LogP contribution in [0.3, 0.4) is 0 Å². The Bertz CT molecular complexity index is 1070. The zero-order chi connectivity index (χ0) is 27.7. The average Bonchev–Trinajstić information content (AvgIpc) is 3.26. The molecule has 8 nitrogen and oxygen atoms in total. The molecular weight excluding hydrogens is 511 g/mol. The number of aryl methyl sites for hydroxylation is 1. The van der Waals surface area contributed by atoms with Crippen LogP contribution in [0.15, 0.2) is 23.9 Å². The van der Waals surface area contributed by atoms with E-state index in [1.165, 1.54) is 17.4 Å². The van der Waals surface area contributed by atoms with Gasteiger partial charge in [-0.25, -0.2) is 9.37 Å². The van der Waals surface area contributed by atoms with Gasteiger partial charge in [0.2, 0.25) is 5.91 Å². The van der Waals surface area contributed by atoms with Gasteiger partial charge in [-0.2, -0.15) is 0 Å². The summed E-state index contributed by atoms with van der Waals surface area (Å²) < 4.78 is 27.3. The number of rotatable bonds is 4. The lowest BCUT2D eigenvalue weighted by Gasteiger charge is -2.46. The molecule has 1 spiro atoms. The number of halogens is 1. The highest BCUT2D eigenvalue weighted by atomic mass is 32.1. The maximum atomic E-state index is 15.5. The highest BCUT2D eigenvalue weighted by Crippen LogP contribution is 2.49. The lowest BCUT2D eigenvalue weighted by atomic mass is 9.58. The molecule has 3 N–H and O–H groups in total. The zero-order valence-corrected chi connectivity index (χ0v) is 23.1. The van der Waals surface area contributed by atoms with Crippen LogP contribution in [0.4, 0.5) is 4.39 Å². The van der Waals surface area contributed by atoms with Crippen LogP contribution in [-0.4, -0.2) is 69.6 Å². The van der Waals surface area contributed by atoms with Gasteiger partial charge in [0.1, 0.15) is 11.6 Å². The van der Waals surface area contributed by atoms with Crippen molar-refractivity contribution in [2.75, 3.05) is 6.61 Å². The first-order valence-electron chi connectivity index (χ1n) is 13.4. The first-order chi connectivity index (χ1) is 18.0. The quantitative estimate of drug-likeness (QED) is 0.387. The molecule has 210 valence electrons. The second-order valence-electron chi connectivity index (χ2n) is 11.1. The Kier molecular flexibility index (Phi) is 8.88. The van der Waals surface area contributed by atoms with Crippen molar-refractivity contribution >= 4 is 29.1 Å². The smallest absolute Gasteiger partial charge is 0.223 e. The monoisotopic (exact) mass is 550 g/mol. The van der Waals surface area contributed by atoms with Crippen LogP contribution < -0.4 is 5.32 Å². The summed E-state index contributed by atoms with van der Waals surface area (Å²) in [6.45, 7) is 9.48. The Balaban J connectivity index is 1.60. The molecule has 1 saturated carbocycles. The number of aliphatic hydroxyl groups excluding tert-OH is 2. The van der Waals surface area contributed by atoms with E-state index >= 15 is 4.39 Å². The second kappa shape index (κ2) is 11.6. The van der Waals surface area contributed by atoms with Gasteiger partial charge in [0, 0.05) is 24.8 Å². The molecule has 1 aliphatic carbocycles. The number of aliphatic hydroxyl groups is 2. The van der Waals surface area contributed by atoms with Crippen molar-refractivity contribution in [2.45, 2.75) is 102 Å². The summed E-state index contributed by atoms with van der Waals surface area (Å²) >= 11 is 1.40. The van der Waals surface area contributed by atoms with Crippen LogP contribution >= 0.6 is 11.3 Å². The van der Waals surface area contributed by atoms with E-state index in [0.717, 1.165) is 11.4 Å². The lowest BCUT2D eigenvalue weighted by molar-refractivity contribution is -0.158. The minimum atomic E-state index is -1.26. The lowest BCUT2D eigenvalue weighted by Crippen LogP contribution is -2.55. The summed E-state index contributed by atoms with van der Waals surface area (Å²) in [6.07, 6.45) is 1.77. The fourth-order valence-electron chi connectivity index (χ4n) is 5.70. The number of carbonyl (C=O) groups is 2. The van der Waals surface area contributed by atoms with Gasteiger partial charge in [-0.05, 0) is 46.1 Å². The van der Waals surface area contributed by atoms with Gasteiger partial charge in [-0.3, -0.25) is 9.59 Å². The molecule has 4 rings (SSSR count). The number of hydrogen-bond donors (Lipinski definition) is 3. The third-order valence-corrected chi connectivity index (χ3v) is 9.25. The van der Waals surface area contributed by atoms with E-state index in [1.807, 2.05) is 13.8 Å². The molecular formula is C28H39FN2O6S. The summed E-state index contributed by atoms with van der Waals surface area (Å²) in [4.78, 5) is 31.1. The number of ketones is 1.